The molecule has 0 saturated carbocycles. The highest BCUT2D eigenvalue weighted by molar-refractivity contribution is 6.21. The maximum atomic E-state index is 8.53. The van der Waals surface area contributed by atoms with Crippen LogP contribution in [0.25, 0.3) is 0 Å². The summed E-state index contributed by atoms with van der Waals surface area (Å²) >= 11 is 0. The molecule has 4 heteroatoms. The van der Waals surface area contributed by atoms with Crippen molar-refractivity contribution in [2.24, 2.45) is 0 Å². The second-order valence-corrected chi connectivity index (χ2v) is 2.32. The molecule has 0 heterocycles. The van der Waals surface area contributed by atoms with Crippen molar-refractivity contribution < 1.29 is 10.1 Å². The minimum absolute atomic E-state index is 0.00403. The van der Waals surface area contributed by atoms with Gasteiger partial charge in [-0.15, -0.1) is 0 Å². The molecule has 0 aromatic carbocycles. The van der Waals surface area contributed by atoms with Crippen molar-refractivity contribution in [2.45, 2.75) is 19.4 Å². The van der Waals surface area contributed by atoms with Gasteiger partial charge in [-0.3, -0.25) is 0 Å². The van der Waals surface area contributed by atoms with Crippen LogP contribution in [0, 0.1) is 0 Å². The zero-order valence-electron chi connectivity index (χ0n) is 5.18. The minimum Gasteiger partial charge on any atom is -0.440 e. The maximum Gasteiger partial charge on any atom is 0.393 e. The predicted octanol–water partition coefficient (Wildman–Crippen LogP) is -1.13. The highest BCUT2D eigenvalue weighted by atomic mass is 16.3. The predicted molar refractivity (Wildman–Crippen MR) is 32.3 cm³/mol. The molecule has 0 aromatic rings. The largest absolute Gasteiger partial charge is 0.440 e. The number of rotatable bonds is 3. The molecule has 0 saturated heterocycles. The zero-order chi connectivity index (χ0) is 6.62. The fourth-order valence-corrected chi connectivity index (χ4v) is 0.220. The molecule has 0 aliphatic carbocycles. The van der Waals surface area contributed by atoms with Crippen molar-refractivity contribution in [2.75, 3.05) is 6.61 Å². The van der Waals surface area contributed by atoms with E-state index in [1.54, 1.807) is 13.8 Å². The van der Waals surface area contributed by atoms with E-state index in [2.05, 4.69) is 5.23 Å². The van der Waals surface area contributed by atoms with Crippen LogP contribution in [-0.2, 0) is 0 Å². The number of aliphatic hydroxyl groups excluding tert-OH is 1. The number of hydrogen-bond acceptors (Lipinski definition) is 3. The molecule has 0 aromatic heterocycles. The van der Waals surface area contributed by atoms with Gasteiger partial charge < -0.3 is 15.4 Å². The van der Waals surface area contributed by atoms with Crippen LogP contribution in [-0.4, -0.2) is 29.9 Å². The molecule has 0 amide bonds. The molecule has 47 valence electrons. The van der Waals surface area contributed by atoms with Gasteiger partial charge >= 0.3 is 7.62 Å². The van der Waals surface area contributed by atoms with Crippen molar-refractivity contribution in [3.63, 3.8) is 0 Å². The zero-order valence-corrected chi connectivity index (χ0v) is 5.18. The van der Waals surface area contributed by atoms with Crippen molar-refractivity contribution in [1.29, 1.82) is 0 Å². The first kappa shape index (κ1) is 7.94. The molecule has 0 fully saturated rings. The molecule has 3 nitrogen and oxygen atoms in total. The highest BCUT2D eigenvalue weighted by Crippen LogP contribution is 1.96. The summed E-state index contributed by atoms with van der Waals surface area (Å²) in [5, 5.41) is 19.3. The van der Waals surface area contributed by atoms with Gasteiger partial charge in [-0.25, -0.2) is 0 Å². The van der Waals surface area contributed by atoms with E-state index in [0.717, 1.165) is 7.62 Å². The topological polar surface area (TPSA) is 52.5 Å². The van der Waals surface area contributed by atoms with Crippen LogP contribution in [0.2, 0.25) is 0 Å². The summed E-state index contributed by atoms with van der Waals surface area (Å²) in [4.78, 5) is 0. The molecule has 8 heavy (non-hydrogen) atoms. The van der Waals surface area contributed by atoms with Gasteiger partial charge in [0.2, 0.25) is 0 Å². The van der Waals surface area contributed by atoms with Crippen molar-refractivity contribution >= 4 is 7.62 Å². The summed E-state index contributed by atoms with van der Waals surface area (Å²) in [5.41, 5.74) is -0.408. The average molecular weight is 116 g/mol. The van der Waals surface area contributed by atoms with E-state index >= 15 is 0 Å². The van der Waals surface area contributed by atoms with Gasteiger partial charge in [0.05, 0.1) is 6.61 Å². The van der Waals surface area contributed by atoms with Crippen LogP contribution in [0.3, 0.4) is 0 Å². The molecule has 0 unspecified atom stereocenters. The Morgan fingerprint density at radius 2 is 2.12 bits per heavy atom. The van der Waals surface area contributed by atoms with E-state index < -0.39 is 5.54 Å². The van der Waals surface area contributed by atoms with Gasteiger partial charge in [0.25, 0.3) is 0 Å². The fourth-order valence-electron chi connectivity index (χ4n) is 0.220. The molecule has 3 N–H and O–H groups in total. The lowest BCUT2D eigenvalue weighted by Gasteiger charge is -2.20. The Labute approximate surface area is 50.0 Å². The molecule has 0 aliphatic heterocycles. The summed E-state index contributed by atoms with van der Waals surface area (Å²) < 4.78 is 0. The number of nitrogens with one attached hydrogen (secondary N) is 1. The van der Waals surface area contributed by atoms with Crippen molar-refractivity contribution in [3.05, 3.63) is 0 Å². The molecule has 0 spiro atoms. The Bertz CT molecular complexity index is 67.1. The Kier molecular flexibility index (Phi) is 3.05. The first-order valence-electron chi connectivity index (χ1n) is 2.47. The maximum absolute atomic E-state index is 8.53. The molecule has 0 atom stereocenters. The van der Waals surface area contributed by atoms with Crippen LogP contribution in [0.15, 0.2) is 0 Å². The second-order valence-electron chi connectivity index (χ2n) is 2.32. The smallest absolute Gasteiger partial charge is 0.393 e. The molecule has 0 aliphatic rings. The molecule has 0 bridgehead atoms. The Hall–Kier alpha value is -0.0551. The minimum atomic E-state index is -0.408. The Morgan fingerprint density at radius 1 is 1.62 bits per heavy atom. The van der Waals surface area contributed by atoms with E-state index in [4.69, 9.17) is 10.1 Å². The van der Waals surface area contributed by atoms with E-state index in [-0.39, 0.29) is 6.61 Å². The summed E-state index contributed by atoms with van der Waals surface area (Å²) in [7, 11) is 0.830. The Morgan fingerprint density at radius 3 is 2.25 bits per heavy atom. The lowest BCUT2D eigenvalue weighted by atomic mass is 10.0. The third kappa shape index (κ3) is 3.01. The third-order valence-corrected chi connectivity index (χ3v) is 0.851. The highest BCUT2D eigenvalue weighted by Gasteiger charge is 2.13. The average Bonchev–Trinajstić information content (AvgIpc) is 1.67. The third-order valence-electron chi connectivity index (χ3n) is 0.851. The molecule has 0 rings (SSSR count). The van der Waals surface area contributed by atoms with Gasteiger partial charge in [-0.05, 0) is 13.8 Å². The van der Waals surface area contributed by atoms with Gasteiger partial charge in [0.15, 0.2) is 0 Å². The monoisotopic (exact) mass is 116 g/mol. The fraction of sp³-hybridized carbons (Fsp3) is 1.00. The second kappa shape index (κ2) is 3.07. The summed E-state index contributed by atoms with van der Waals surface area (Å²) in [6, 6.07) is 0. The van der Waals surface area contributed by atoms with E-state index in [9.17, 15) is 0 Å². The van der Waals surface area contributed by atoms with Gasteiger partial charge in [0.1, 0.15) is 0 Å². The summed E-state index contributed by atoms with van der Waals surface area (Å²) in [6.45, 7) is 3.56. The first-order chi connectivity index (χ1) is 3.62. The first-order valence-corrected chi connectivity index (χ1v) is 2.47. The Balaban J connectivity index is 3.37. The van der Waals surface area contributed by atoms with E-state index in [1.165, 1.54) is 0 Å². The van der Waals surface area contributed by atoms with E-state index in [1.807, 2.05) is 0 Å². The van der Waals surface area contributed by atoms with Crippen LogP contribution in [0.4, 0.5) is 0 Å². The summed E-state index contributed by atoms with van der Waals surface area (Å²) in [6.07, 6.45) is 0. The van der Waals surface area contributed by atoms with Gasteiger partial charge in [-0.1, -0.05) is 0 Å². The molecular formula is C4H11BNO2. The standard InChI is InChI=1S/C4H11BNO2/c1-4(2,3-7)6-5-8/h6-8H,3H2,1-2H3. The SMILES string of the molecule is CC(C)(CO)N[B]O. The number of hydrogen-bond donors (Lipinski definition) is 3. The van der Waals surface area contributed by atoms with Gasteiger partial charge in [0, 0.05) is 5.54 Å². The molecule has 1 radical (unpaired) electrons. The van der Waals surface area contributed by atoms with Gasteiger partial charge in [-0.2, -0.15) is 0 Å². The normalized spacial score (nSPS) is 11.5. The lowest BCUT2D eigenvalue weighted by molar-refractivity contribution is 0.205. The number of aliphatic hydroxyl groups is 1. The van der Waals surface area contributed by atoms with Crippen molar-refractivity contribution in [1.82, 2.24) is 5.23 Å². The molecular weight excluding hydrogens is 105 g/mol. The summed E-state index contributed by atoms with van der Waals surface area (Å²) in [5.74, 6) is 0. The van der Waals surface area contributed by atoms with Crippen LogP contribution < -0.4 is 5.23 Å². The van der Waals surface area contributed by atoms with Crippen molar-refractivity contribution in [3.8, 4) is 0 Å². The van der Waals surface area contributed by atoms with Crippen LogP contribution in [0.5, 0.6) is 0 Å². The quantitative estimate of drug-likeness (QED) is 0.409. The van der Waals surface area contributed by atoms with E-state index in [0.29, 0.717) is 0 Å². The van der Waals surface area contributed by atoms with Crippen LogP contribution >= 0.6 is 0 Å². The van der Waals surface area contributed by atoms with Crippen LogP contribution in [0.1, 0.15) is 13.8 Å². The lowest BCUT2D eigenvalue weighted by Crippen LogP contribution is -2.44.